The molecular weight excluding hydrogens is 131 g/mol. The highest BCUT2D eigenvalue weighted by Crippen LogP contribution is 2.69. The lowest BCUT2D eigenvalue weighted by atomic mass is 9.53. The second kappa shape index (κ2) is 1.76. The maximum Gasteiger partial charge on any atom is 0.110 e. The monoisotopic (exact) mass is 148 g/mol. The molecule has 1 heteroatoms. The molecule has 0 aliphatic heterocycles. The maximum atomic E-state index is 4.23. The Bertz CT molecular complexity index is 217. The van der Waals surface area contributed by atoms with Crippen LogP contribution in [-0.4, -0.2) is 7.85 Å². The minimum absolute atomic E-state index is 0.413. The Balaban J connectivity index is 2.44. The highest BCUT2D eigenvalue weighted by Gasteiger charge is 2.55. The van der Waals surface area contributed by atoms with Crippen molar-refractivity contribution in [1.29, 1.82) is 0 Å². The Labute approximate surface area is 70.5 Å². The van der Waals surface area contributed by atoms with Crippen LogP contribution in [0.5, 0.6) is 0 Å². The molecule has 0 radical (unpaired) electrons. The van der Waals surface area contributed by atoms with Crippen LogP contribution in [0.25, 0.3) is 0 Å². The van der Waals surface area contributed by atoms with Crippen LogP contribution in [0.15, 0.2) is 12.2 Å². The zero-order valence-electron chi connectivity index (χ0n) is 7.91. The summed E-state index contributed by atoms with van der Waals surface area (Å²) >= 11 is 0. The van der Waals surface area contributed by atoms with E-state index in [-0.39, 0.29) is 0 Å². The number of fused-ring (bicyclic) bond motifs is 2. The third kappa shape index (κ3) is 0.672. The van der Waals surface area contributed by atoms with Crippen LogP contribution in [0, 0.1) is 11.3 Å². The van der Waals surface area contributed by atoms with Gasteiger partial charge in [0, 0.05) is 0 Å². The van der Waals surface area contributed by atoms with Crippen molar-refractivity contribution >= 4 is 7.85 Å². The van der Waals surface area contributed by atoms with E-state index in [0.29, 0.717) is 10.7 Å². The lowest BCUT2D eigenvalue weighted by Crippen LogP contribution is -2.28. The van der Waals surface area contributed by atoms with Crippen LogP contribution in [-0.2, 0) is 0 Å². The van der Waals surface area contributed by atoms with Crippen LogP contribution in [0.2, 0.25) is 5.31 Å². The van der Waals surface area contributed by atoms with E-state index in [9.17, 15) is 0 Å². The largest absolute Gasteiger partial charge is 0.110 e. The van der Waals surface area contributed by atoms with Crippen molar-refractivity contribution in [3.63, 3.8) is 0 Å². The summed E-state index contributed by atoms with van der Waals surface area (Å²) in [6.07, 6.45) is 4.22. The summed E-state index contributed by atoms with van der Waals surface area (Å²) in [6.45, 7) is 8.97. The standard InChI is InChI=1S/C10H17B/c1-7-8-4-5-10(11,6-8)9(7,2)3/h8H,1,4-6,11H2,2-3H3. The molecule has 2 bridgehead atoms. The van der Waals surface area contributed by atoms with Crippen LogP contribution < -0.4 is 0 Å². The van der Waals surface area contributed by atoms with Crippen molar-refractivity contribution in [2.75, 3.05) is 0 Å². The van der Waals surface area contributed by atoms with E-state index in [1.165, 1.54) is 24.8 Å². The van der Waals surface area contributed by atoms with E-state index < -0.39 is 0 Å². The van der Waals surface area contributed by atoms with E-state index in [0.717, 1.165) is 5.92 Å². The van der Waals surface area contributed by atoms with E-state index in [4.69, 9.17) is 0 Å². The Morgan fingerprint density at radius 2 is 2.18 bits per heavy atom. The molecule has 2 saturated carbocycles. The number of allylic oxidation sites excluding steroid dienone is 1. The fraction of sp³-hybridized carbons (Fsp3) is 0.800. The van der Waals surface area contributed by atoms with Crippen LogP contribution in [0.3, 0.4) is 0 Å². The Kier molecular flexibility index (Phi) is 1.19. The molecule has 2 atom stereocenters. The topological polar surface area (TPSA) is 0 Å². The first-order valence-corrected chi connectivity index (χ1v) is 4.67. The molecule has 2 unspecified atom stereocenters. The molecule has 0 amide bonds. The quantitative estimate of drug-likeness (QED) is 0.364. The van der Waals surface area contributed by atoms with E-state index >= 15 is 0 Å². The van der Waals surface area contributed by atoms with E-state index in [1.807, 2.05) is 0 Å². The first kappa shape index (κ1) is 7.45. The summed E-state index contributed by atoms with van der Waals surface area (Å²) < 4.78 is 0. The lowest BCUT2D eigenvalue weighted by Gasteiger charge is -2.40. The minimum atomic E-state index is 0.413. The van der Waals surface area contributed by atoms with Gasteiger partial charge in [0.25, 0.3) is 0 Å². The Morgan fingerprint density at radius 1 is 1.55 bits per heavy atom. The Morgan fingerprint density at radius 3 is 2.45 bits per heavy atom. The molecule has 2 aliphatic carbocycles. The summed E-state index contributed by atoms with van der Waals surface area (Å²) in [7, 11) is 2.44. The highest BCUT2D eigenvalue weighted by molar-refractivity contribution is 6.16. The predicted octanol–water partition coefficient (Wildman–Crippen LogP) is 2.17. The van der Waals surface area contributed by atoms with Gasteiger partial charge < -0.3 is 0 Å². The molecule has 0 spiro atoms. The molecule has 11 heavy (non-hydrogen) atoms. The first-order valence-electron chi connectivity index (χ1n) is 4.67. The smallest absolute Gasteiger partial charge is 0.0990 e. The van der Waals surface area contributed by atoms with Crippen molar-refractivity contribution in [3.8, 4) is 0 Å². The zero-order valence-corrected chi connectivity index (χ0v) is 7.91. The zero-order chi connectivity index (χ0) is 8.28. The third-order valence-corrected chi connectivity index (χ3v) is 4.55. The summed E-state index contributed by atoms with van der Waals surface area (Å²) in [6, 6.07) is 0. The molecule has 0 saturated heterocycles. The van der Waals surface area contributed by atoms with Gasteiger partial charge in [0.1, 0.15) is 7.85 Å². The number of hydrogen-bond donors (Lipinski definition) is 0. The van der Waals surface area contributed by atoms with Gasteiger partial charge in [-0.1, -0.05) is 32.4 Å². The summed E-state index contributed by atoms with van der Waals surface area (Å²) in [5.74, 6) is 0.856. The van der Waals surface area contributed by atoms with Gasteiger partial charge in [0.2, 0.25) is 0 Å². The summed E-state index contributed by atoms with van der Waals surface area (Å²) in [4.78, 5) is 0. The molecule has 0 aromatic rings. The predicted molar refractivity (Wildman–Crippen MR) is 51.5 cm³/mol. The van der Waals surface area contributed by atoms with Crippen molar-refractivity contribution < 1.29 is 0 Å². The first-order chi connectivity index (χ1) is 4.97. The minimum Gasteiger partial charge on any atom is -0.0990 e. The van der Waals surface area contributed by atoms with E-state index in [1.54, 1.807) is 0 Å². The summed E-state index contributed by atoms with van der Waals surface area (Å²) in [5.41, 5.74) is 1.93. The second-order valence-corrected chi connectivity index (χ2v) is 5.15. The van der Waals surface area contributed by atoms with E-state index in [2.05, 4.69) is 28.3 Å². The van der Waals surface area contributed by atoms with Gasteiger partial charge >= 0.3 is 0 Å². The molecular formula is C10H17B. The van der Waals surface area contributed by atoms with Gasteiger partial charge in [0.15, 0.2) is 0 Å². The molecule has 0 N–H and O–H groups in total. The van der Waals surface area contributed by atoms with Gasteiger partial charge in [-0.15, -0.1) is 0 Å². The molecule has 60 valence electrons. The SMILES string of the molecule is BC12CCC(C1)C(=C)C2(C)C. The van der Waals surface area contributed by atoms with Crippen LogP contribution >= 0.6 is 0 Å². The van der Waals surface area contributed by atoms with Gasteiger partial charge in [-0.05, 0) is 29.5 Å². The summed E-state index contributed by atoms with van der Waals surface area (Å²) in [5, 5.41) is 0.578. The fourth-order valence-electron chi connectivity index (χ4n) is 3.00. The molecule has 0 aromatic carbocycles. The molecule has 2 aliphatic rings. The normalized spacial score (nSPS) is 46.7. The van der Waals surface area contributed by atoms with Crippen LogP contribution in [0.4, 0.5) is 0 Å². The van der Waals surface area contributed by atoms with Crippen molar-refractivity contribution in [1.82, 2.24) is 0 Å². The lowest BCUT2D eigenvalue weighted by molar-refractivity contribution is 0.308. The van der Waals surface area contributed by atoms with Gasteiger partial charge in [0.05, 0.1) is 0 Å². The van der Waals surface area contributed by atoms with Gasteiger partial charge in [-0.3, -0.25) is 0 Å². The molecule has 2 rings (SSSR count). The van der Waals surface area contributed by atoms with Crippen molar-refractivity contribution in [3.05, 3.63) is 12.2 Å². The molecule has 0 nitrogen and oxygen atoms in total. The molecule has 0 aromatic heterocycles. The van der Waals surface area contributed by atoms with Gasteiger partial charge in [-0.2, -0.15) is 0 Å². The Hall–Kier alpha value is -0.195. The molecule has 2 fully saturated rings. The fourth-order valence-corrected chi connectivity index (χ4v) is 3.00. The highest BCUT2D eigenvalue weighted by atomic mass is 14.6. The number of rotatable bonds is 0. The number of hydrogen-bond acceptors (Lipinski definition) is 0. The average Bonchev–Trinajstić information content (AvgIpc) is 2.36. The van der Waals surface area contributed by atoms with Crippen molar-refractivity contribution in [2.45, 2.75) is 38.4 Å². The van der Waals surface area contributed by atoms with Crippen molar-refractivity contribution in [2.24, 2.45) is 11.3 Å². The third-order valence-electron chi connectivity index (χ3n) is 4.55. The maximum absolute atomic E-state index is 4.23. The average molecular weight is 148 g/mol. The second-order valence-electron chi connectivity index (χ2n) is 5.15. The van der Waals surface area contributed by atoms with Gasteiger partial charge in [-0.25, -0.2) is 0 Å². The molecule has 0 heterocycles. The van der Waals surface area contributed by atoms with Crippen LogP contribution in [0.1, 0.15) is 33.1 Å².